The average molecular weight is 357 g/mol. The Hall–Kier alpha value is -1.66. The van der Waals surface area contributed by atoms with Gasteiger partial charge in [-0.1, -0.05) is 4.43 Å². The van der Waals surface area contributed by atoms with Crippen molar-refractivity contribution in [3.05, 3.63) is 52.4 Å². The highest BCUT2D eigenvalue weighted by molar-refractivity contribution is 6.54. The molecule has 0 aliphatic carbocycles. The Balaban J connectivity index is 3.06. The van der Waals surface area contributed by atoms with Crippen LogP contribution in [-0.4, -0.2) is 15.2 Å². The molecule has 10 heteroatoms. The van der Waals surface area contributed by atoms with E-state index in [9.17, 15) is 39.5 Å². The lowest BCUT2D eigenvalue weighted by Crippen LogP contribution is -2.25. The molecular formula is C13H3AlF9. The molecule has 0 bridgehead atoms. The third-order valence-corrected chi connectivity index (χ3v) is 4.17. The van der Waals surface area contributed by atoms with Gasteiger partial charge in [-0.3, -0.25) is 0 Å². The largest absolute Gasteiger partial charge is 0.253 e. The molecular weight excluding hydrogens is 354 g/mol. The number of hydrogen-bond acceptors (Lipinski definition) is 0. The molecule has 0 fully saturated rings. The van der Waals surface area contributed by atoms with E-state index in [0.717, 1.165) is 0 Å². The van der Waals surface area contributed by atoms with Crippen LogP contribution in [0.15, 0.2) is 0 Å². The fraction of sp³-hybridized carbons (Fsp3) is 0.0769. The van der Waals surface area contributed by atoms with E-state index < -0.39 is 83.1 Å². The fourth-order valence-electron chi connectivity index (χ4n) is 1.99. The van der Waals surface area contributed by atoms with Crippen molar-refractivity contribution in [3.8, 4) is 11.1 Å². The Morgan fingerprint density at radius 3 is 1.13 bits per heavy atom. The smallest absolute Gasteiger partial charge is 0.205 e. The molecule has 0 atom stereocenters. The predicted molar refractivity (Wildman–Crippen MR) is 62.8 cm³/mol. The van der Waals surface area contributed by atoms with E-state index in [-0.39, 0.29) is 0 Å². The van der Waals surface area contributed by atoms with Crippen molar-refractivity contribution in [2.45, 2.75) is 5.79 Å². The molecule has 0 aliphatic rings. The van der Waals surface area contributed by atoms with Gasteiger partial charge in [-0.05, 0) is 0 Å². The topological polar surface area (TPSA) is 0 Å². The van der Waals surface area contributed by atoms with Crippen molar-refractivity contribution < 1.29 is 39.5 Å². The lowest BCUT2D eigenvalue weighted by Gasteiger charge is -2.15. The van der Waals surface area contributed by atoms with Crippen LogP contribution in [0.5, 0.6) is 0 Å². The van der Waals surface area contributed by atoms with Gasteiger partial charge in [0, 0.05) is 5.56 Å². The minimum absolute atomic E-state index is 0.982. The molecule has 0 N–H and O–H groups in total. The van der Waals surface area contributed by atoms with Gasteiger partial charge in [0.1, 0.15) is 5.82 Å². The predicted octanol–water partition coefficient (Wildman–Crippen LogP) is 3.98. The Kier molecular flexibility index (Phi) is 4.69. The Labute approximate surface area is 129 Å². The molecule has 2 aromatic carbocycles. The summed E-state index contributed by atoms with van der Waals surface area (Å²) >= 11 is -1.40. The normalized spacial score (nSPS) is 11.0. The SMILES string of the molecule is [CH3][Al][c]1c(F)c(F)c(F)c(F)c1-c1c(F)c(F)c(F)c(F)c1F. The highest BCUT2D eigenvalue weighted by atomic mass is 27.1. The van der Waals surface area contributed by atoms with Crippen molar-refractivity contribution >= 4 is 19.6 Å². The Morgan fingerprint density at radius 2 is 0.739 bits per heavy atom. The summed E-state index contributed by atoms with van der Waals surface area (Å²) in [7, 11) is 0. The first-order valence-electron chi connectivity index (χ1n) is 5.82. The van der Waals surface area contributed by atoms with E-state index in [1.54, 1.807) is 0 Å². The van der Waals surface area contributed by atoms with E-state index in [0.29, 0.717) is 0 Å². The number of hydrogen-bond donors (Lipinski definition) is 0. The molecule has 121 valence electrons. The first-order valence-corrected chi connectivity index (χ1v) is 7.55. The molecule has 0 spiro atoms. The summed E-state index contributed by atoms with van der Waals surface area (Å²) in [5.74, 6) is -20.0. The second kappa shape index (κ2) is 6.09. The van der Waals surface area contributed by atoms with Gasteiger partial charge in [0.15, 0.2) is 40.7 Å². The second-order valence-corrected chi connectivity index (χ2v) is 5.43. The average Bonchev–Trinajstić information content (AvgIpc) is 2.54. The molecule has 2 rings (SSSR count). The van der Waals surface area contributed by atoms with E-state index in [1.165, 1.54) is 5.79 Å². The molecule has 0 saturated carbocycles. The van der Waals surface area contributed by atoms with Crippen LogP contribution in [0.4, 0.5) is 39.5 Å². The third-order valence-electron chi connectivity index (χ3n) is 3.05. The van der Waals surface area contributed by atoms with Crippen LogP contribution in [0.3, 0.4) is 0 Å². The highest BCUT2D eigenvalue weighted by Gasteiger charge is 2.33. The van der Waals surface area contributed by atoms with Crippen LogP contribution >= 0.6 is 0 Å². The zero-order valence-corrected chi connectivity index (χ0v) is 12.1. The molecule has 0 nitrogen and oxygen atoms in total. The van der Waals surface area contributed by atoms with Crippen molar-refractivity contribution in [3.63, 3.8) is 0 Å². The standard InChI is InChI=1S/C12F9.CH3.Al/c13-3-1-2(5(14)9(18)6(3)15)4-7(16)10(19)12(21)11(20)8(4)17;;/h;1H3;. The van der Waals surface area contributed by atoms with Gasteiger partial charge in [-0.15, -0.1) is 5.79 Å². The van der Waals surface area contributed by atoms with E-state index in [4.69, 9.17) is 0 Å². The summed E-state index contributed by atoms with van der Waals surface area (Å²) in [6, 6.07) is 0. The summed E-state index contributed by atoms with van der Waals surface area (Å²) in [5, 5.41) is 0. The fourth-order valence-corrected chi connectivity index (χ4v) is 2.93. The van der Waals surface area contributed by atoms with Crippen LogP contribution < -0.4 is 4.43 Å². The van der Waals surface area contributed by atoms with Gasteiger partial charge >= 0.3 is 0 Å². The van der Waals surface area contributed by atoms with Crippen LogP contribution in [0, 0.1) is 52.4 Å². The minimum atomic E-state index is -2.52. The maximum atomic E-state index is 13.9. The molecule has 0 heterocycles. The number of benzene rings is 2. The zero-order chi connectivity index (χ0) is 17.6. The second-order valence-electron chi connectivity index (χ2n) is 4.28. The lowest BCUT2D eigenvalue weighted by molar-refractivity contribution is 0.379. The first kappa shape index (κ1) is 17.7. The van der Waals surface area contributed by atoms with Crippen LogP contribution in [-0.2, 0) is 0 Å². The first-order chi connectivity index (χ1) is 10.6. The molecule has 0 aromatic heterocycles. The van der Waals surface area contributed by atoms with E-state index >= 15 is 0 Å². The lowest BCUT2D eigenvalue weighted by atomic mass is 10.0. The van der Waals surface area contributed by atoms with Crippen molar-refractivity contribution in [2.75, 3.05) is 0 Å². The summed E-state index contributed by atoms with van der Waals surface area (Å²) < 4.78 is 120. The molecule has 0 saturated heterocycles. The molecule has 0 unspecified atom stereocenters. The summed E-state index contributed by atoms with van der Waals surface area (Å²) in [6.45, 7) is 0. The van der Waals surface area contributed by atoms with Gasteiger partial charge in [-0.25, -0.2) is 39.5 Å². The Bertz CT molecular complexity index is 787. The molecule has 0 aliphatic heterocycles. The number of rotatable bonds is 2. The van der Waals surface area contributed by atoms with Gasteiger partial charge in [-0.2, -0.15) is 0 Å². The molecule has 0 amide bonds. The van der Waals surface area contributed by atoms with Gasteiger partial charge in [0.25, 0.3) is 15.2 Å². The maximum absolute atomic E-state index is 13.9. The summed E-state index contributed by atoms with van der Waals surface area (Å²) in [4.78, 5) is 0. The van der Waals surface area contributed by atoms with Crippen molar-refractivity contribution in [1.82, 2.24) is 0 Å². The summed E-state index contributed by atoms with van der Waals surface area (Å²) in [5.41, 5.74) is -3.37. The summed E-state index contributed by atoms with van der Waals surface area (Å²) in [6.07, 6.45) is 0. The van der Waals surface area contributed by atoms with Crippen molar-refractivity contribution in [2.24, 2.45) is 0 Å². The molecule has 2 aromatic rings. The van der Waals surface area contributed by atoms with Gasteiger partial charge < -0.3 is 0 Å². The van der Waals surface area contributed by atoms with E-state index in [2.05, 4.69) is 0 Å². The van der Waals surface area contributed by atoms with E-state index in [1.807, 2.05) is 0 Å². The monoisotopic (exact) mass is 357 g/mol. The van der Waals surface area contributed by atoms with Crippen LogP contribution in [0.25, 0.3) is 11.1 Å². The Morgan fingerprint density at radius 1 is 0.435 bits per heavy atom. The van der Waals surface area contributed by atoms with Crippen LogP contribution in [0.1, 0.15) is 0 Å². The van der Waals surface area contributed by atoms with Crippen LogP contribution in [0.2, 0.25) is 5.79 Å². The van der Waals surface area contributed by atoms with Gasteiger partial charge in [0.2, 0.25) is 5.82 Å². The van der Waals surface area contributed by atoms with Crippen molar-refractivity contribution in [1.29, 1.82) is 0 Å². The minimum Gasteiger partial charge on any atom is -0.205 e. The third kappa shape index (κ3) is 2.50. The highest BCUT2D eigenvalue weighted by Crippen LogP contribution is 2.34. The number of halogens is 9. The maximum Gasteiger partial charge on any atom is 0.253 e. The zero-order valence-electron chi connectivity index (χ0n) is 11.0. The molecule has 1 radical (unpaired) electrons. The quantitative estimate of drug-likeness (QED) is 0.330. The van der Waals surface area contributed by atoms with Gasteiger partial charge in [0.05, 0.1) is 5.56 Å². The molecule has 23 heavy (non-hydrogen) atoms.